The minimum atomic E-state index is -0.302. The third kappa shape index (κ3) is 3.02. The lowest BCUT2D eigenvalue weighted by Crippen LogP contribution is -2.27. The molecule has 1 amide bonds. The first kappa shape index (κ1) is 13.2. The van der Waals surface area contributed by atoms with E-state index in [0.29, 0.717) is 6.54 Å². The van der Waals surface area contributed by atoms with Crippen molar-refractivity contribution in [3.63, 3.8) is 0 Å². The van der Waals surface area contributed by atoms with Crippen LogP contribution >= 0.6 is 0 Å². The Morgan fingerprint density at radius 2 is 1.90 bits per heavy atom. The van der Waals surface area contributed by atoms with E-state index < -0.39 is 0 Å². The Hall–Kier alpha value is -2.82. The molecule has 0 radical (unpaired) electrons. The van der Waals surface area contributed by atoms with Gasteiger partial charge in [0.25, 0.3) is 5.91 Å². The highest BCUT2D eigenvalue weighted by Crippen LogP contribution is 2.18. The molecule has 3 rings (SSSR count). The van der Waals surface area contributed by atoms with E-state index in [-0.39, 0.29) is 11.7 Å². The fourth-order valence-corrected chi connectivity index (χ4v) is 2.25. The summed E-state index contributed by atoms with van der Waals surface area (Å²) in [5.74, 6) is -0.209. The molecule has 0 aliphatic carbocycles. The van der Waals surface area contributed by atoms with Gasteiger partial charge in [0.05, 0.1) is 6.20 Å². The summed E-state index contributed by atoms with van der Waals surface area (Å²) in [6, 6.07) is 14.4. The zero-order chi connectivity index (χ0) is 14.5. The van der Waals surface area contributed by atoms with Crippen LogP contribution in [0, 0.1) is 0 Å². The quantitative estimate of drug-likeness (QED) is 0.792. The van der Waals surface area contributed by atoms with Gasteiger partial charge in [0.15, 0.2) is 0 Å². The minimum absolute atomic E-state index is 0.0930. The first-order chi connectivity index (χ1) is 10.3. The molecule has 0 spiro atoms. The van der Waals surface area contributed by atoms with Gasteiger partial charge < -0.3 is 5.32 Å². The average molecular weight is 278 g/mol. The summed E-state index contributed by atoms with van der Waals surface area (Å²) in [4.78, 5) is 15.7. The lowest BCUT2D eigenvalue weighted by molar-refractivity contribution is 0.0942. The van der Waals surface area contributed by atoms with E-state index in [9.17, 15) is 4.79 Å². The van der Waals surface area contributed by atoms with Gasteiger partial charge in [-0.1, -0.05) is 42.5 Å². The van der Waals surface area contributed by atoms with Gasteiger partial charge in [0, 0.05) is 12.7 Å². The molecule has 0 unspecified atom stereocenters. The standard InChI is InChI=1S/C16H14N4O/c21-16(15-17-10-11-19-20-15)18-9-8-13-6-3-5-12-4-1-2-7-14(12)13/h1-7,10-11H,8-9H2,(H,18,21). The maximum absolute atomic E-state index is 11.8. The number of fused-ring (bicyclic) bond motifs is 1. The summed E-state index contributed by atoms with van der Waals surface area (Å²) in [5.41, 5.74) is 1.21. The molecule has 0 fully saturated rings. The van der Waals surface area contributed by atoms with E-state index >= 15 is 0 Å². The third-order valence-electron chi connectivity index (χ3n) is 3.25. The molecule has 0 aliphatic rings. The predicted molar refractivity (Wildman–Crippen MR) is 79.8 cm³/mol. The van der Waals surface area contributed by atoms with E-state index in [1.54, 1.807) is 0 Å². The normalized spacial score (nSPS) is 10.5. The molecule has 0 atom stereocenters. The number of nitrogens with zero attached hydrogens (tertiary/aromatic N) is 3. The van der Waals surface area contributed by atoms with E-state index in [2.05, 4.69) is 44.8 Å². The van der Waals surface area contributed by atoms with Crippen molar-refractivity contribution in [1.82, 2.24) is 20.5 Å². The Morgan fingerprint density at radius 3 is 2.76 bits per heavy atom. The number of hydrogen-bond acceptors (Lipinski definition) is 4. The summed E-state index contributed by atoms with van der Waals surface area (Å²) in [6.45, 7) is 0.533. The zero-order valence-electron chi connectivity index (χ0n) is 11.4. The van der Waals surface area contributed by atoms with Gasteiger partial charge in [-0.25, -0.2) is 4.98 Å². The molecule has 21 heavy (non-hydrogen) atoms. The van der Waals surface area contributed by atoms with Crippen molar-refractivity contribution in [2.24, 2.45) is 0 Å². The summed E-state index contributed by atoms with van der Waals surface area (Å²) >= 11 is 0. The fraction of sp³-hybridized carbons (Fsp3) is 0.125. The highest BCUT2D eigenvalue weighted by atomic mass is 16.2. The van der Waals surface area contributed by atoms with Crippen molar-refractivity contribution >= 4 is 16.7 Å². The molecule has 1 aromatic heterocycles. The number of aromatic nitrogens is 3. The number of rotatable bonds is 4. The molecule has 0 bridgehead atoms. The Kier molecular flexibility index (Phi) is 3.82. The van der Waals surface area contributed by atoms with Crippen molar-refractivity contribution in [2.45, 2.75) is 6.42 Å². The molecule has 104 valence electrons. The molecule has 2 aromatic carbocycles. The second-order valence-corrected chi connectivity index (χ2v) is 4.61. The van der Waals surface area contributed by atoms with E-state index in [1.165, 1.54) is 28.7 Å². The lowest BCUT2D eigenvalue weighted by atomic mass is 10.0. The van der Waals surface area contributed by atoms with Crippen LogP contribution in [0.5, 0.6) is 0 Å². The average Bonchev–Trinajstić information content (AvgIpc) is 2.56. The second-order valence-electron chi connectivity index (χ2n) is 4.61. The van der Waals surface area contributed by atoms with Crippen LogP contribution < -0.4 is 5.32 Å². The third-order valence-corrected chi connectivity index (χ3v) is 3.25. The SMILES string of the molecule is O=C(NCCc1cccc2ccccc12)c1nccnn1. The molecular weight excluding hydrogens is 264 g/mol. The van der Waals surface area contributed by atoms with Crippen LogP contribution in [-0.4, -0.2) is 27.6 Å². The summed E-state index contributed by atoms with van der Waals surface area (Å²) < 4.78 is 0. The molecule has 0 saturated carbocycles. The van der Waals surface area contributed by atoms with E-state index in [0.717, 1.165) is 6.42 Å². The number of carbonyl (C=O) groups excluding carboxylic acids is 1. The van der Waals surface area contributed by atoms with Crippen molar-refractivity contribution in [1.29, 1.82) is 0 Å². The highest BCUT2D eigenvalue weighted by molar-refractivity contribution is 5.90. The fourth-order valence-electron chi connectivity index (χ4n) is 2.25. The number of benzene rings is 2. The van der Waals surface area contributed by atoms with Gasteiger partial charge in [-0.15, -0.1) is 5.10 Å². The van der Waals surface area contributed by atoms with Crippen LogP contribution in [0.3, 0.4) is 0 Å². The zero-order valence-corrected chi connectivity index (χ0v) is 11.4. The first-order valence-electron chi connectivity index (χ1n) is 6.73. The van der Waals surface area contributed by atoms with Crippen molar-refractivity contribution in [2.75, 3.05) is 6.54 Å². The van der Waals surface area contributed by atoms with E-state index in [1.807, 2.05) is 18.2 Å². The monoisotopic (exact) mass is 278 g/mol. The van der Waals surface area contributed by atoms with Gasteiger partial charge in [-0.3, -0.25) is 4.79 Å². The van der Waals surface area contributed by atoms with Gasteiger partial charge in [-0.2, -0.15) is 5.10 Å². The smallest absolute Gasteiger partial charge is 0.290 e. The molecular formula is C16H14N4O. The first-order valence-corrected chi connectivity index (χ1v) is 6.73. The summed E-state index contributed by atoms with van der Waals surface area (Å²) in [7, 11) is 0. The van der Waals surface area contributed by atoms with Crippen LogP contribution in [-0.2, 0) is 6.42 Å². The number of carbonyl (C=O) groups is 1. The van der Waals surface area contributed by atoms with Crippen LogP contribution in [0.15, 0.2) is 54.9 Å². The maximum Gasteiger partial charge on any atom is 0.290 e. The summed E-state index contributed by atoms with van der Waals surface area (Å²) in [5, 5.41) is 12.5. The topological polar surface area (TPSA) is 67.8 Å². The molecule has 0 aliphatic heterocycles. The van der Waals surface area contributed by atoms with Gasteiger partial charge in [0.2, 0.25) is 5.82 Å². The Balaban J connectivity index is 1.66. The molecule has 3 aromatic rings. The largest absolute Gasteiger partial charge is 0.349 e. The Labute approximate surface area is 122 Å². The van der Waals surface area contributed by atoms with Gasteiger partial charge in [0.1, 0.15) is 0 Å². The van der Waals surface area contributed by atoms with Crippen LogP contribution in [0.1, 0.15) is 16.2 Å². The Bertz CT molecular complexity index is 753. The second kappa shape index (κ2) is 6.09. The minimum Gasteiger partial charge on any atom is -0.349 e. The summed E-state index contributed by atoms with van der Waals surface area (Å²) in [6.07, 6.45) is 3.65. The molecule has 0 saturated heterocycles. The molecule has 5 heteroatoms. The van der Waals surface area contributed by atoms with Crippen molar-refractivity contribution in [3.8, 4) is 0 Å². The Morgan fingerprint density at radius 1 is 1.05 bits per heavy atom. The van der Waals surface area contributed by atoms with Crippen LogP contribution in [0.2, 0.25) is 0 Å². The van der Waals surface area contributed by atoms with Crippen molar-refractivity contribution < 1.29 is 4.79 Å². The predicted octanol–water partition coefficient (Wildman–Crippen LogP) is 2.00. The molecule has 5 nitrogen and oxygen atoms in total. The number of nitrogens with one attached hydrogen (secondary N) is 1. The van der Waals surface area contributed by atoms with Gasteiger partial charge >= 0.3 is 0 Å². The van der Waals surface area contributed by atoms with Crippen LogP contribution in [0.4, 0.5) is 0 Å². The lowest BCUT2D eigenvalue weighted by Gasteiger charge is -2.07. The highest BCUT2D eigenvalue weighted by Gasteiger charge is 2.08. The van der Waals surface area contributed by atoms with Crippen molar-refractivity contribution in [3.05, 3.63) is 66.2 Å². The molecule has 1 heterocycles. The van der Waals surface area contributed by atoms with E-state index in [4.69, 9.17) is 0 Å². The number of amides is 1. The number of hydrogen-bond donors (Lipinski definition) is 1. The molecule has 1 N–H and O–H groups in total. The van der Waals surface area contributed by atoms with Crippen LogP contribution in [0.25, 0.3) is 10.8 Å². The van der Waals surface area contributed by atoms with Gasteiger partial charge in [-0.05, 0) is 22.8 Å². The maximum atomic E-state index is 11.8.